The lowest BCUT2D eigenvalue weighted by molar-refractivity contribution is -0.132. The van der Waals surface area contributed by atoms with Crippen LogP contribution >= 0.6 is 0 Å². The quantitative estimate of drug-likeness (QED) is 0.767. The van der Waals surface area contributed by atoms with Gasteiger partial charge in [-0.05, 0) is 38.0 Å². The van der Waals surface area contributed by atoms with Crippen LogP contribution in [0.15, 0.2) is 0 Å². The molecule has 1 heterocycles. The molecule has 0 spiro atoms. The van der Waals surface area contributed by atoms with Crippen molar-refractivity contribution in [1.29, 1.82) is 0 Å². The van der Waals surface area contributed by atoms with E-state index in [4.69, 9.17) is 0 Å². The maximum absolute atomic E-state index is 12.6. The van der Waals surface area contributed by atoms with E-state index in [1.54, 1.807) is 0 Å². The van der Waals surface area contributed by atoms with E-state index in [2.05, 4.69) is 51.8 Å². The standard InChI is InChI=1S/C16H32N2O/c1-7-8-14-17-15(12(4)5)16(19)18(14)13(6)10-9-11(2)3/h11-15,17H,7-10H2,1-6H3. The maximum atomic E-state index is 12.6. The minimum atomic E-state index is 0.0121. The number of nitrogens with one attached hydrogen (secondary N) is 1. The summed E-state index contributed by atoms with van der Waals surface area (Å²) in [5, 5.41) is 3.54. The molecular weight excluding hydrogens is 236 g/mol. The molecule has 0 radical (unpaired) electrons. The highest BCUT2D eigenvalue weighted by Gasteiger charge is 2.41. The summed E-state index contributed by atoms with van der Waals surface area (Å²) in [4.78, 5) is 14.7. The molecule has 0 saturated carbocycles. The second kappa shape index (κ2) is 7.28. The summed E-state index contributed by atoms with van der Waals surface area (Å²) in [6, 6.07) is 0.362. The van der Waals surface area contributed by atoms with Crippen molar-refractivity contribution < 1.29 is 4.79 Å². The number of carbonyl (C=O) groups excluding carboxylic acids is 1. The molecule has 19 heavy (non-hydrogen) atoms. The highest BCUT2D eigenvalue weighted by atomic mass is 16.2. The van der Waals surface area contributed by atoms with Gasteiger partial charge in [-0.3, -0.25) is 10.1 Å². The van der Waals surface area contributed by atoms with Crippen molar-refractivity contribution in [3.63, 3.8) is 0 Å². The van der Waals surface area contributed by atoms with Gasteiger partial charge in [0.15, 0.2) is 0 Å². The second-order valence-electron chi connectivity index (χ2n) is 6.76. The molecule has 0 bridgehead atoms. The molecule has 0 aromatic rings. The summed E-state index contributed by atoms with van der Waals surface area (Å²) in [7, 11) is 0. The van der Waals surface area contributed by atoms with Gasteiger partial charge in [0.1, 0.15) is 0 Å². The fourth-order valence-electron chi connectivity index (χ4n) is 2.88. The minimum absolute atomic E-state index is 0.0121. The van der Waals surface area contributed by atoms with Gasteiger partial charge in [-0.25, -0.2) is 0 Å². The van der Waals surface area contributed by atoms with Gasteiger partial charge in [-0.15, -0.1) is 0 Å². The molecule has 0 aromatic heterocycles. The van der Waals surface area contributed by atoms with E-state index in [1.807, 2.05) is 0 Å². The molecular formula is C16H32N2O. The van der Waals surface area contributed by atoms with Crippen LogP contribution < -0.4 is 5.32 Å². The van der Waals surface area contributed by atoms with E-state index in [0.29, 0.717) is 23.8 Å². The first kappa shape index (κ1) is 16.5. The second-order valence-corrected chi connectivity index (χ2v) is 6.76. The van der Waals surface area contributed by atoms with E-state index < -0.39 is 0 Å². The zero-order valence-electron chi connectivity index (χ0n) is 13.6. The molecule has 3 atom stereocenters. The molecule has 1 rings (SSSR count). The Labute approximate surface area is 119 Å². The Bertz CT molecular complexity index is 288. The zero-order valence-corrected chi connectivity index (χ0v) is 13.6. The third-order valence-electron chi connectivity index (χ3n) is 4.09. The molecule has 1 saturated heterocycles. The molecule has 1 aliphatic heterocycles. The molecule has 0 aromatic carbocycles. The predicted octanol–water partition coefficient (Wildman–Crippen LogP) is 3.39. The molecule has 3 nitrogen and oxygen atoms in total. The van der Waals surface area contributed by atoms with E-state index >= 15 is 0 Å². The Morgan fingerprint density at radius 3 is 2.26 bits per heavy atom. The largest absolute Gasteiger partial charge is 0.323 e. The van der Waals surface area contributed by atoms with Crippen molar-refractivity contribution in [3.8, 4) is 0 Å². The Hall–Kier alpha value is -0.570. The van der Waals surface area contributed by atoms with Crippen molar-refractivity contribution in [2.45, 2.75) is 85.5 Å². The van der Waals surface area contributed by atoms with Gasteiger partial charge in [-0.2, -0.15) is 0 Å². The highest BCUT2D eigenvalue weighted by Crippen LogP contribution is 2.24. The molecule has 1 aliphatic rings. The lowest BCUT2D eigenvalue weighted by atomic mass is 10.0. The van der Waals surface area contributed by atoms with Crippen LogP contribution in [0.25, 0.3) is 0 Å². The van der Waals surface area contributed by atoms with Crippen LogP contribution in [0.1, 0.15) is 67.2 Å². The monoisotopic (exact) mass is 268 g/mol. The fourth-order valence-corrected chi connectivity index (χ4v) is 2.88. The molecule has 1 fully saturated rings. The third-order valence-corrected chi connectivity index (χ3v) is 4.09. The van der Waals surface area contributed by atoms with Crippen molar-refractivity contribution in [2.75, 3.05) is 0 Å². The molecule has 1 N–H and O–H groups in total. The van der Waals surface area contributed by atoms with Crippen LogP contribution in [0, 0.1) is 11.8 Å². The molecule has 3 heteroatoms. The number of nitrogens with zero attached hydrogens (tertiary/aromatic N) is 1. The van der Waals surface area contributed by atoms with E-state index in [9.17, 15) is 4.79 Å². The van der Waals surface area contributed by atoms with Gasteiger partial charge in [0.2, 0.25) is 5.91 Å². The van der Waals surface area contributed by atoms with Gasteiger partial charge in [0.25, 0.3) is 0 Å². The van der Waals surface area contributed by atoms with Gasteiger partial charge in [0.05, 0.1) is 12.2 Å². The molecule has 0 aliphatic carbocycles. The Morgan fingerprint density at radius 1 is 1.16 bits per heavy atom. The van der Waals surface area contributed by atoms with Crippen molar-refractivity contribution in [3.05, 3.63) is 0 Å². The Morgan fingerprint density at radius 2 is 1.79 bits per heavy atom. The maximum Gasteiger partial charge on any atom is 0.241 e. The van der Waals surface area contributed by atoms with Crippen molar-refractivity contribution >= 4 is 5.91 Å². The average Bonchev–Trinajstić information content (AvgIpc) is 2.64. The summed E-state index contributed by atoms with van der Waals surface area (Å²) < 4.78 is 0. The summed E-state index contributed by atoms with van der Waals surface area (Å²) in [5.41, 5.74) is 0. The van der Waals surface area contributed by atoms with E-state index in [-0.39, 0.29) is 12.2 Å². The van der Waals surface area contributed by atoms with Crippen LogP contribution in [0.3, 0.4) is 0 Å². The number of hydrogen-bond donors (Lipinski definition) is 1. The van der Waals surface area contributed by atoms with Gasteiger partial charge in [0, 0.05) is 6.04 Å². The fraction of sp³-hybridized carbons (Fsp3) is 0.938. The molecule has 3 unspecified atom stereocenters. The van der Waals surface area contributed by atoms with Crippen LogP contribution in [0.2, 0.25) is 0 Å². The smallest absolute Gasteiger partial charge is 0.241 e. The van der Waals surface area contributed by atoms with Crippen LogP contribution in [0.5, 0.6) is 0 Å². The van der Waals surface area contributed by atoms with E-state index in [0.717, 1.165) is 19.3 Å². The SMILES string of the molecule is CCCC1NC(C(C)C)C(=O)N1C(C)CCC(C)C. The normalized spacial score (nSPS) is 25.7. The molecule has 112 valence electrons. The summed E-state index contributed by atoms with van der Waals surface area (Å²) in [6.07, 6.45) is 4.71. The van der Waals surface area contributed by atoms with Crippen LogP contribution in [-0.4, -0.2) is 29.1 Å². The lowest BCUT2D eigenvalue weighted by Gasteiger charge is -2.30. The first-order valence-electron chi connectivity index (χ1n) is 7.96. The molecule has 1 amide bonds. The summed E-state index contributed by atoms with van der Waals surface area (Å²) in [5.74, 6) is 1.39. The topological polar surface area (TPSA) is 32.3 Å². The number of amides is 1. The lowest BCUT2D eigenvalue weighted by Crippen LogP contribution is -2.43. The van der Waals surface area contributed by atoms with Gasteiger partial charge in [-0.1, -0.05) is 41.0 Å². The highest BCUT2D eigenvalue weighted by molar-refractivity contribution is 5.84. The van der Waals surface area contributed by atoms with Crippen LogP contribution in [0.4, 0.5) is 0 Å². The number of carbonyl (C=O) groups is 1. The zero-order chi connectivity index (χ0) is 14.6. The number of rotatable bonds is 7. The van der Waals surface area contributed by atoms with E-state index in [1.165, 1.54) is 6.42 Å². The number of hydrogen-bond acceptors (Lipinski definition) is 2. The van der Waals surface area contributed by atoms with Crippen LogP contribution in [-0.2, 0) is 4.79 Å². The van der Waals surface area contributed by atoms with Crippen molar-refractivity contribution in [1.82, 2.24) is 10.2 Å². The minimum Gasteiger partial charge on any atom is -0.323 e. The first-order chi connectivity index (χ1) is 8.88. The average molecular weight is 268 g/mol. The van der Waals surface area contributed by atoms with Gasteiger partial charge >= 0.3 is 0 Å². The Balaban J connectivity index is 2.72. The summed E-state index contributed by atoms with van der Waals surface area (Å²) in [6.45, 7) is 13.1. The first-order valence-corrected chi connectivity index (χ1v) is 7.96. The van der Waals surface area contributed by atoms with Gasteiger partial charge < -0.3 is 4.90 Å². The third kappa shape index (κ3) is 4.20. The predicted molar refractivity (Wildman–Crippen MR) is 80.8 cm³/mol. The summed E-state index contributed by atoms with van der Waals surface area (Å²) >= 11 is 0. The Kier molecular flexibility index (Phi) is 6.31. The van der Waals surface area contributed by atoms with Crippen molar-refractivity contribution in [2.24, 2.45) is 11.8 Å².